The molecule has 94 valence electrons. The van der Waals surface area contributed by atoms with E-state index < -0.39 is 0 Å². The summed E-state index contributed by atoms with van der Waals surface area (Å²) >= 11 is 0. The van der Waals surface area contributed by atoms with Gasteiger partial charge in [-0.15, -0.1) is 0 Å². The Kier molecular flexibility index (Phi) is 4.40. The quantitative estimate of drug-likeness (QED) is 0.748. The molecule has 0 unspecified atom stereocenters. The molecule has 0 fully saturated rings. The van der Waals surface area contributed by atoms with E-state index in [4.69, 9.17) is 9.47 Å². The summed E-state index contributed by atoms with van der Waals surface area (Å²) in [5.74, 6) is 0. The summed E-state index contributed by atoms with van der Waals surface area (Å²) in [4.78, 5) is 2.38. The highest BCUT2D eigenvalue weighted by Crippen LogP contribution is 2.26. The smallest absolute Gasteiger partial charge is 0.174 e. The molecule has 3 nitrogen and oxygen atoms in total. The fourth-order valence-corrected chi connectivity index (χ4v) is 2.38. The molecule has 0 radical (unpaired) electrons. The highest BCUT2D eigenvalue weighted by molar-refractivity contribution is 5.54. The molecule has 1 heterocycles. The Morgan fingerprint density at radius 2 is 1.94 bits per heavy atom. The van der Waals surface area contributed by atoms with Crippen molar-refractivity contribution >= 4 is 5.69 Å². The largest absolute Gasteiger partial charge is 0.366 e. The molecule has 0 aromatic heterocycles. The Hall–Kier alpha value is -1.06. The van der Waals surface area contributed by atoms with Crippen molar-refractivity contribution in [1.82, 2.24) is 0 Å². The fourth-order valence-electron chi connectivity index (χ4n) is 2.38. The molecule has 1 aromatic rings. The van der Waals surface area contributed by atoms with Crippen molar-refractivity contribution in [2.75, 3.05) is 32.2 Å². The van der Waals surface area contributed by atoms with Gasteiger partial charge in [-0.2, -0.15) is 0 Å². The zero-order valence-electron chi connectivity index (χ0n) is 10.7. The Morgan fingerprint density at radius 1 is 1.18 bits per heavy atom. The van der Waals surface area contributed by atoms with Gasteiger partial charge in [0, 0.05) is 26.5 Å². The number of hydrogen-bond acceptors (Lipinski definition) is 3. The predicted molar refractivity (Wildman–Crippen MR) is 69.4 cm³/mol. The molecule has 1 aromatic carbocycles. The van der Waals surface area contributed by atoms with Crippen molar-refractivity contribution in [3.05, 3.63) is 29.8 Å². The molecule has 3 heteroatoms. The monoisotopic (exact) mass is 235 g/mol. The number of rotatable bonds is 4. The second-order valence-corrected chi connectivity index (χ2v) is 4.43. The van der Waals surface area contributed by atoms with Crippen molar-refractivity contribution in [2.24, 2.45) is 0 Å². The van der Waals surface area contributed by atoms with Crippen molar-refractivity contribution in [2.45, 2.75) is 25.6 Å². The number of hydrogen-bond donors (Lipinski definition) is 0. The first-order valence-corrected chi connectivity index (χ1v) is 6.23. The van der Waals surface area contributed by atoms with Gasteiger partial charge in [-0.3, -0.25) is 0 Å². The summed E-state index contributed by atoms with van der Waals surface area (Å²) in [7, 11) is 3.38. The third kappa shape index (κ3) is 2.99. The Bertz CT molecular complexity index is 350. The molecule has 1 aliphatic rings. The number of methoxy groups -OCH3 is 2. The van der Waals surface area contributed by atoms with Crippen LogP contribution < -0.4 is 4.90 Å². The number of benzene rings is 1. The van der Waals surface area contributed by atoms with Crippen LogP contribution in [0, 0.1) is 0 Å². The normalized spacial score (nSPS) is 15.8. The van der Waals surface area contributed by atoms with Gasteiger partial charge in [-0.1, -0.05) is 18.2 Å². The Morgan fingerprint density at radius 3 is 2.71 bits per heavy atom. The maximum Gasteiger partial charge on any atom is 0.174 e. The summed E-state index contributed by atoms with van der Waals surface area (Å²) in [5.41, 5.74) is 2.78. The molecule has 17 heavy (non-hydrogen) atoms. The van der Waals surface area contributed by atoms with E-state index >= 15 is 0 Å². The van der Waals surface area contributed by atoms with Crippen molar-refractivity contribution in [3.63, 3.8) is 0 Å². The maximum absolute atomic E-state index is 5.29. The van der Waals surface area contributed by atoms with Gasteiger partial charge >= 0.3 is 0 Å². The molecule has 0 aliphatic carbocycles. The lowest BCUT2D eigenvalue weighted by Gasteiger charge is -2.28. The van der Waals surface area contributed by atoms with Crippen molar-refractivity contribution in [1.29, 1.82) is 0 Å². The number of fused-ring (bicyclic) bond motifs is 1. The van der Waals surface area contributed by atoms with Crippen LogP contribution in [0.4, 0.5) is 5.69 Å². The van der Waals surface area contributed by atoms with E-state index in [0.717, 1.165) is 13.1 Å². The average molecular weight is 235 g/mol. The van der Waals surface area contributed by atoms with Crippen LogP contribution in [0.2, 0.25) is 0 Å². The molecule has 0 spiro atoms. The lowest BCUT2D eigenvalue weighted by molar-refractivity contribution is -0.0949. The van der Waals surface area contributed by atoms with Crippen LogP contribution in [0.1, 0.15) is 18.4 Å². The van der Waals surface area contributed by atoms with Gasteiger partial charge < -0.3 is 14.4 Å². The van der Waals surface area contributed by atoms with Crippen LogP contribution in [0.25, 0.3) is 0 Å². The molecule has 2 rings (SSSR count). The Labute approximate surface area is 103 Å². The second-order valence-electron chi connectivity index (χ2n) is 4.43. The standard InChI is InChI=1S/C14H21NO2/c1-16-14(17-2)11-15-10-6-5-8-12-7-3-4-9-13(12)15/h3-4,7,9,14H,5-6,8,10-11H2,1-2H3. The zero-order valence-corrected chi connectivity index (χ0v) is 10.7. The van der Waals surface area contributed by atoms with Gasteiger partial charge in [0.1, 0.15) is 0 Å². The van der Waals surface area contributed by atoms with Gasteiger partial charge in [0.15, 0.2) is 6.29 Å². The van der Waals surface area contributed by atoms with Gasteiger partial charge in [0.25, 0.3) is 0 Å². The van der Waals surface area contributed by atoms with E-state index in [1.807, 2.05) is 0 Å². The van der Waals surface area contributed by atoms with Crippen LogP contribution in [-0.2, 0) is 15.9 Å². The zero-order chi connectivity index (χ0) is 12.1. The van der Waals surface area contributed by atoms with Crippen molar-refractivity contribution in [3.8, 4) is 0 Å². The summed E-state index contributed by atoms with van der Waals surface area (Å²) in [6.45, 7) is 1.88. The van der Waals surface area contributed by atoms with E-state index in [1.165, 1.54) is 30.5 Å². The molecule has 0 bridgehead atoms. The number of nitrogens with zero attached hydrogens (tertiary/aromatic N) is 1. The van der Waals surface area contributed by atoms with E-state index in [9.17, 15) is 0 Å². The molecule has 0 saturated heterocycles. The lowest BCUT2D eigenvalue weighted by atomic mass is 10.1. The molecule has 0 saturated carbocycles. The first kappa shape index (κ1) is 12.4. The van der Waals surface area contributed by atoms with E-state index in [2.05, 4.69) is 29.2 Å². The first-order chi connectivity index (χ1) is 8.35. The second kappa shape index (κ2) is 6.03. The van der Waals surface area contributed by atoms with Gasteiger partial charge in [0.2, 0.25) is 0 Å². The number of aryl methyl sites for hydroxylation is 1. The fraction of sp³-hybridized carbons (Fsp3) is 0.571. The van der Waals surface area contributed by atoms with Gasteiger partial charge in [-0.25, -0.2) is 0 Å². The van der Waals surface area contributed by atoms with Crippen LogP contribution in [0.15, 0.2) is 24.3 Å². The first-order valence-electron chi connectivity index (χ1n) is 6.23. The summed E-state index contributed by atoms with van der Waals surface area (Å²) in [6, 6.07) is 8.64. The minimum absolute atomic E-state index is 0.152. The minimum Gasteiger partial charge on any atom is -0.366 e. The average Bonchev–Trinajstić information content (AvgIpc) is 2.58. The maximum atomic E-state index is 5.29. The topological polar surface area (TPSA) is 21.7 Å². The van der Waals surface area contributed by atoms with Crippen molar-refractivity contribution < 1.29 is 9.47 Å². The van der Waals surface area contributed by atoms with Crippen LogP contribution in [0.5, 0.6) is 0 Å². The van der Waals surface area contributed by atoms with Crippen LogP contribution in [-0.4, -0.2) is 33.6 Å². The van der Waals surface area contributed by atoms with E-state index in [1.54, 1.807) is 14.2 Å². The lowest BCUT2D eigenvalue weighted by Crippen LogP contribution is -2.35. The third-order valence-electron chi connectivity index (χ3n) is 3.35. The van der Waals surface area contributed by atoms with Crippen LogP contribution in [0.3, 0.4) is 0 Å². The molecule has 0 N–H and O–H groups in total. The van der Waals surface area contributed by atoms with Gasteiger partial charge in [-0.05, 0) is 30.9 Å². The summed E-state index contributed by atoms with van der Waals surface area (Å²) in [6.07, 6.45) is 3.52. The van der Waals surface area contributed by atoms with E-state index in [0.29, 0.717) is 0 Å². The van der Waals surface area contributed by atoms with Crippen LogP contribution >= 0.6 is 0 Å². The van der Waals surface area contributed by atoms with Gasteiger partial charge in [0.05, 0.1) is 6.54 Å². The highest BCUT2D eigenvalue weighted by atomic mass is 16.7. The number of ether oxygens (including phenoxy) is 2. The Balaban J connectivity index is 2.16. The SMILES string of the molecule is COC(CN1CCCCc2ccccc21)OC. The molecule has 0 amide bonds. The summed E-state index contributed by atoms with van der Waals surface area (Å²) in [5, 5.41) is 0. The number of anilines is 1. The highest BCUT2D eigenvalue weighted by Gasteiger charge is 2.18. The van der Waals surface area contributed by atoms with E-state index in [-0.39, 0.29) is 6.29 Å². The molecular formula is C14H21NO2. The summed E-state index contributed by atoms with van der Waals surface area (Å²) < 4.78 is 10.6. The molecule has 0 atom stereocenters. The number of para-hydroxylation sites is 1. The minimum atomic E-state index is -0.152. The predicted octanol–water partition coefficient (Wildman–Crippen LogP) is 2.45. The molecular weight excluding hydrogens is 214 g/mol. The third-order valence-corrected chi connectivity index (χ3v) is 3.35. The molecule has 1 aliphatic heterocycles.